The van der Waals surface area contributed by atoms with Crippen molar-refractivity contribution >= 4 is 11.8 Å². The van der Waals surface area contributed by atoms with Gasteiger partial charge in [-0.25, -0.2) is 0 Å². The number of hydrogen-bond donors (Lipinski definition) is 1. The van der Waals surface area contributed by atoms with Crippen molar-refractivity contribution in [1.82, 2.24) is 0 Å². The monoisotopic (exact) mass is 251 g/mol. The zero-order valence-corrected chi connectivity index (χ0v) is 11.3. The average molecular weight is 251 g/mol. The van der Waals surface area contributed by atoms with Gasteiger partial charge in [-0.15, -0.1) is 0 Å². The highest BCUT2D eigenvalue weighted by Gasteiger charge is 2.17. The second kappa shape index (κ2) is 6.31. The molecule has 1 aromatic carbocycles. The molecule has 1 aliphatic rings. The van der Waals surface area contributed by atoms with Crippen LogP contribution in [0.3, 0.4) is 0 Å². The molecule has 2 rings (SSSR count). The van der Waals surface area contributed by atoms with Crippen LogP contribution in [0.25, 0.3) is 0 Å². The number of hydrogen-bond acceptors (Lipinski definition) is 3. The van der Waals surface area contributed by atoms with Gasteiger partial charge < -0.3 is 10.5 Å². The molecule has 1 aliphatic carbocycles. The highest BCUT2D eigenvalue weighted by molar-refractivity contribution is 7.98. The van der Waals surface area contributed by atoms with Gasteiger partial charge >= 0.3 is 0 Å². The van der Waals surface area contributed by atoms with E-state index in [1.54, 1.807) is 0 Å². The Morgan fingerprint density at radius 2 is 2.35 bits per heavy atom. The maximum Gasteiger partial charge on any atom is 0.119 e. The van der Waals surface area contributed by atoms with E-state index in [1.165, 1.54) is 17.5 Å². The Bertz CT molecular complexity index is 367. The highest BCUT2D eigenvalue weighted by Crippen LogP contribution is 2.30. The summed E-state index contributed by atoms with van der Waals surface area (Å²) in [6.07, 6.45) is 6.70. The zero-order valence-electron chi connectivity index (χ0n) is 10.4. The van der Waals surface area contributed by atoms with Crippen LogP contribution in [-0.4, -0.2) is 18.6 Å². The summed E-state index contributed by atoms with van der Waals surface area (Å²) in [5, 5.41) is 0. The molecule has 0 aromatic heterocycles. The minimum atomic E-state index is 0.202. The zero-order chi connectivity index (χ0) is 12.1. The molecule has 0 saturated heterocycles. The van der Waals surface area contributed by atoms with Crippen LogP contribution in [0.15, 0.2) is 18.2 Å². The number of ether oxygens (including phenoxy) is 1. The Morgan fingerprint density at radius 1 is 1.47 bits per heavy atom. The van der Waals surface area contributed by atoms with Crippen molar-refractivity contribution in [3.8, 4) is 5.75 Å². The third-order valence-electron chi connectivity index (χ3n) is 3.24. The lowest BCUT2D eigenvalue weighted by atomic mass is 9.88. The average Bonchev–Trinajstić information content (AvgIpc) is 2.36. The Balaban J connectivity index is 1.97. The third kappa shape index (κ3) is 3.39. The fourth-order valence-corrected chi connectivity index (χ4v) is 2.70. The molecule has 1 unspecified atom stereocenters. The first-order chi connectivity index (χ1) is 8.31. The molecular formula is C14H21NOS. The van der Waals surface area contributed by atoms with Crippen LogP contribution in [0.2, 0.25) is 0 Å². The summed E-state index contributed by atoms with van der Waals surface area (Å²) >= 11 is 1.86. The maximum absolute atomic E-state index is 6.13. The molecule has 0 heterocycles. The molecule has 17 heavy (non-hydrogen) atoms. The van der Waals surface area contributed by atoms with Gasteiger partial charge in [0.05, 0.1) is 6.61 Å². The van der Waals surface area contributed by atoms with E-state index in [4.69, 9.17) is 10.5 Å². The highest BCUT2D eigenvalue weighted by atomic mass is 32.2. The van der Waals surface area contributed by atoms with Crippen LogP contribution < -0.4 is 10.5 Å². The van der Waals surface area contributed by atoms with E-state index in [2.05, 4.69) is 24.5 Å². The summed E-state index contributed by atoms with van der Waals surface area (Å²) in [6, 6.07) is 6.60. The number of rotatable bonds is 5. The minimum absolute atomic E-state index is 0.202. The Morgan fingerprint density at radius 3 is 3.18 bits per heavy atom. The van der Waals surface area contributed by atoms with E-state index in [9.17, 15) is 0 Å². The van der Waals surface area contributed by atoms with Crippen LogP contribution in [0.4, 0.5) is 0 Å². The summed E-state index contributed by atoms with van der Waals surface area (Å²) < 4.78 is 5.75. The van der Waals surface area contributed by atoms with Crippen molar-refractivity contribution in [2.24, 2.45) is 5.73 Å². The molecule has 0 radical (unpaired) electrons. The second-order valence-electron chi connectivity index (χ2n) is 4.55. The Labute approximate surface area is 108 Å². The van der Waals surface area contributed by atoms with Gasteiger partial charge in [0.1, 0.15) is 5.75 Å². The van der Waals surface area contributed by atoms with Gasteiger partial charge in [0.25, 0.3) is 0 Å². The van der Waals surface area contributed by atoms with E-state index < -0.39 is 0 Å². The fraction of sp³-hybridized carbons (Fsp3) is 0.571. The second-order valence-corrected chi connectivity index (χ2v) is 5.54. The molecule has 0 fully saturated rings. The predicted molar refractivity (Wildman–Crippen MR) is 74.8 cm³/mol. The molecule has 0 amide bonds. The summed E-state index contributed by atoms with van der Waals surface area (Å²) in [4.78, 5) is 0. The molecule has 0 spiro atoms. The summed E-state index contributed by atoms with van der Waals surface area (Å²) in [5.74, 6) is 2.13. The van der Waals surface area contributed by atoms with Crippen LogP contribution in [0.1, 0.15) is 36.4 Å². The Kier molecular flexibility index (Phi) is 4.75. The standard InChI is InChI=1S/C14H21NOS/c1-17-9-3-8-16-12-7-6-11-4-2-5-14(15)13(11)10-12/h6-7,10,14H,2-5,8-9,15H2,1H3. The first-order valence-corrected chi connectivity index (χ1v) is 7.71. The van der Waals surface area contributed by atoms with Crippen LogP contribution in [0, 0.1) is 0 Å². The van der Waals surface area contributed by atoms with Gasteiger partial charge in [0, 0.05) is 6.04 Å². The SMILES string of the molecule is CSCCCOc1ccc2c(c1)C(N)CCC2. The predicted octanol–water partition coefficient (Wildman–Crippen LogP) is 3.15. The maximum atomic E-state index is 6.13. The van der Waals surface area contributed by atoms with Crippen LogP contribution >= 0.6 is 11.8 Å². The van der Waals surface area contributed by atoms with E-state index >= 15 is 0 Å². The number of benzene rings is 1. The molecule has 2 N–H and O–H groups in total. The summed E-state index contributed by atoms with van der Waals surface area (Å²) in [7, 11) is 0. The van der Waals surface area contributed by atoms with E-state index in [1.807, 2.05) is 11.8 Å². The van der Waals surface area contributed by atoms with Gasteiger partial charge in [-0.3, -0.25) is 0 Å². The van der Waals surface area contributed by atoms with Crippen molar-refractivity contribution in [2.45, 2.75) is 31.7 Å². The van der Waals surface area contributed by atoms with Crippen molar-refractivity contribution in [3.05, 3.63) is 29.3 Å². The molecule has 1 atom stereocenters. The quantitative estimate of drug-likeness (QED) is 0.816. The number of thioether (sulfide) groups is 1. The third-order valence-corrected chi connectivity index (χ3v) is 3.94. The smallest absolute Gasteiger partial charge is 0.119 e. The van der Waals surface area contributed by atoms with E-state index in [0.717, 1.165) is 37.4 Å². The van der Waals surface area contributed by atoms with E-state index in [0.29, 0.717) is 0 Å². The molecule has 2 nitrogen and oxygen atoms in total. The van der Waals surface area contributed by atoms with Gasteiger partial charge in [-0.05, 0) is 61.0 Å². The molecule has 0 aliphatic heterocycles. The first kappa shape index (κ1) is 12.8. The molecule has 3 heteroatoms. The van der Waals surface area contributed by atoms with E-state index in [-0.39, 0.29) is 6.04 Å². The van der Waals surface area contributed by atoms with Crippen LogP contribution in [0.5, 0.6) is 5.75 Å². The normalized spacial score (nSPS) is 18.8. The lowest BCUT2D eigenvalue weighted by Crippen LogP contribution is -2.17. The minimum Gasteiger partial charge on any atom is -0.494 e. The Hall–Kier alpha value is -0.670. The van der Waals surface area contributed by atoms with Gasteiger partial charge in [0.15, 0.2) is 0 Å². The molecule has 0 bridgehead atoms. The number of nitrogens with two attached hydrogens (primary N) is 1. The summed E-state index contributed by atoms with van der Waals surface area (Å²) in [5.41, 5.74) is 8.83. The van der Waals surface area contributed by atoms with Crippen molar-refractivity contribution in [2.75, 3.05) is 18.6 Å². The fourth-order valence-electron chi connectivity index (χ4n) is 2.30. The topological polar surface area (TPSA) is 35.2 Å². The van der Waals surface area contributed by atoms with Crippen LogP contribution in [-0.2, 0) is 6.42 Å². The van der Waals surface area contributed by atoms with Gasteiger partial charge in [-0.2, -0.15) is 11.8 Å². The summed E-state index contributed by atoms with van der Waals surface area (Å²) in [6.45, 7) is 0.800. The van der Waals surface area contributed by atoms with Gasteiger partial charge in [0.2, 0.25) is 0 Å². The molecular weight excluding hydrogens is 230 g/mol. The first-order valence-electron chi connectivity index (χ1n) is 6.31. The van der Waals surface area contributed by atoms with Crippen molar-refractivity contribution in [3.63, 3.8) is 0 Å². The molecule has 0 saturated carbocycles. The van der Waals surface area contributed by atoms with Gasteiger partial charge in [-0.1, -0.05) is 6.07 Å². The lowest BCUT2D eigenvalue weighted by Gasteiger charge is -2.22. The number of aryl methyl sites for hydroxylation is 1. The lowest BCUT2D eigenvalue weighted by molar-refractivity contribution is 0.318. The molecule has 1 aromatic rings. The largest absolute Gasteiger partial charge is 0.494 e. The number of fused-ring (bicyclic) bond motifs is 1. The van der Waals surface area contributed by atoms with Crippen molar-refractivity contribution in [1.29, 1.82) is 0 Å². The van der Waals surface area contributed by atoms with Crippen molar-refractivity contribution < 1.29 is 4.74 Å². The molecule has 94 valence electrons.